The second kappa shape index (κ2) is 7.39. The van der Waals surface area contributed by atoms with Crippen molar-refractivity contribution in [2.24, 2.45) is 5.41 Å². The van der Waals surface area contributed by atoms with E-state index in [-0.39, 0.29) is 11.5 Å². The number of hydrogen-bond donors (Lipinski definition) is 2. The fourth-order valence-electron chi connectivity index (χ4n) is 3.07. The molecular formula is C18H30N2O. The molecule has 0 aromatic heterocycles. The molecule has 2 unspecified atom stereocenters. The summed E-state index contributed by atoms with van der Waals surface area (Å²) in [7, 11) is 0. The van der Waals surface area contributed by atoms with Crippen LogP contribution in [0, 0.1) is 5.41 Å². The van der Waals surface area contributed by atoms with Gasteiger partial charge >= 0.3 is 0 Å². The summed E-state index contributed by atoms with van der Waals surface area (Å²) < 4.78 is 0. The highest BCUT2D eigenvalue weighted by molar-refractivity contribution is 5.14. The van der Waals surface area contributed by atoms with Crippen LogP contribution in [-0.4, -0.2) is 41.8 Å². The molecule has 1 fully saturated rings. The van der Waals surface area contributed by atoms with E-state index in [0.29, 0.717) is 12.6 Å². The maximum absolute atomic E-state index is 10.1. The van der Waals surface area contributed by atoms with Gasteiger partial charge in [0, 0.05) is 32.2 Å². The molecule has 2 N–H and O–H groups in total. The molecule has 2 atom stereocenters. The van der Waals surface area contributed by atoms with Crippen molar-refractivity contribution in [1.29, 1.82) is 0 Å². The van der Waals surface area contributed by atoms with Gasteiger partial charge in [0.2, 0.25) is 0 Å². The van der Waals surface area contributed by atoms with Gasteiger partial charge < -0.3 is 10.4 Å². The second-order valence-electron chi connectivity index (χ2n) is 7.53. The van der Waals surface area contributed by atoms with Gasteiger partial charge in [-0.05, 0) is 23.8 Å². The lowest BCUT2D eigenvalue weighted by Gasteiger charge is -2.24. The lowest BCUT2D eigenvalue weighted by Crippen LogP contribution is -2.38. The number of nitrogens with one attached hydrogen (secondary N) is 1. The van der Waals surface area contributed by atoms with E-state index < -0.39 is 0 Å². The molecule has 0 spiro atoms. The topological polar surface area (TPSA) is 35.5 Å². The Morgan fingerprint density at radius 2 is 2.00 bits per heavy atom. The van der Waals surface area contributed by atoms with Gasteiger partial charge in [0.1, 0.15) is 0 Å². The molecule has 1 aromatic carbocycles. The maximum atomic E-state index is 10.1. The molecule has 0 bridgehead atoms. The minimum atomic E-state index is -0.242. The van der Waals surface area contributed by atoms with Crippen molar-refractivity contribution in [3.63, 3.8) is 0 Å². The van der Waals surface area contributed by atoms with Crippen molar-refractivity contribution in [3.8, 4) is 0 Å². The number of hydrogen-bond acceptors (Lipinski definition) is 3. The summed E-state index contributed by atoms with van der Waals surface area (Å²) >= 11 is 0. The number of benzene rings is 1. The summed E-state index contributed by atoms with van der Waals surface area (Å²) in [5, 5.41) is 13.6. The lowest BCUT2D eigenvalue weighted by molar-refractivity contribution is 0.116. The molecule has 21 heavy (non-hydrogen) atoms. The molecule has 0 saturated carbocycles. The molecule has 3 heteroatoms. The van der Waals surface area contributed by atoms with Crippen molar-refractivity contribution < 1.29 is 5.11 Å². The van der Waals surface area contributed by atoms with E-state index in [2.05, 4.69) is 61.3 Å². The summed E-state index contributed by atoms with van der Waals surface area (Å²) in [5.74, 6) is 0. The Bertz CT molecular complexity index is 413. The molecular weight excluding hydrogens is 260 g/mol. The van der Waals surface area contributed by atoms with Crippen LogP contribution >= 0.6 is 0 Å². The Labute approximate surface area is 129 Å². The zero-order valence-electron chi connectivity index (χ0n) is 13.7. The first-order chi connectivity index (χ1) is 9.92. The third kappa shape index (κ3) is 6.16. The predicted octanol–water partition coefficient (Wildman–Crippen LogP) is 2.65. The van der Waals surface area contributed by atoms with Crippen LogP contribution < -0.4 is 5.32 Å². The molecule has 0 aliphatic carbocycles. The van der Waals surface area contributed by atoms with Crippen LogP contribution in [0.1, 0.15) is 39.2 Å². The average Bonchev–Trinajstić information content (AvgIpc) is 2.83. The number of aliphatic hydroxyl groups excluding tert-OH is 1. The van der Waals surface area contributed by atoms with Gasteiger partial charge in [-0.25, -0.2) is 0 Å². The molecule has 1 aliphatic rings. The summed E-state index contributed by atoms with van der Waals surface area (Å²) in [6, 6.07) is 11.2. The van der Waals surface area contributed by atoms with Gasteiger partial charge in [0.05, 0.1) is 6.10 Å². The fourth-order valence-corrected chi connectivity index (χ4v) is 3.07. The van der Waals surface area contributed by atoms with Crippen LogP contribution in [0.3, 0.4) is 0 Å². The van der Waals surface area contributed by atoms with E-state index in [1.807, 2.05) is 0 Å². The first-order valence-electron chi connectivity index (χ1n) is 8.10. The van der Waals surface area contributed by atoms with Crippen molar-refractivity contribution in [2.75, 3.05) is 19.6 Å². The van der Waals surface area contributed by atoms with Crippen LogP contribution in [-0.2, 0) is 6.54 Å². The molecule has 1 aromatic rings. The van der Waals surface area contributed by atoms with Crippen LogP contribution in [0.15, 0.2) is 30.3 Å². The SMILES string of the molecule is CC(C)(C)CC(O)CNC1CCN(Cc2ccccc2)C1. The maximum Gasteiger partial charge on any atom is 0.0669 e. The summed E-state index contributed by atoms with van der Waals surface area (Å²) in [6.07, 6.45) is 1.78. The van der Waals surface area contributed by atoms with Gasteiger partial charge in [-0.1, -0.05) is 51.1 Å². The highest BCUT2D eigenvalue weighted by Crippen LogP contribution is 2.20. The van der Waals surface area contributed by atoms with Crippen LogP contribution in [0.5, 0.6) is 0 Å². The van der Waals surface area contributed by atoms with Crippen LogP contribution in [0.2, 0.25) is 0 Å². The van der Waals surface area contributed by atoms with Gasteiger partial charge in [-0.15, -0.1) is 0 Å². The Kier molecular flexibility index (Phi) is 5.80. The number of aliphatic hydroxyl groups is 1. The Hall–Kier alpha value is -0.900. The fraction of sp³-hybridized carbons (Fsp3) is 0.667. The first-order valence-corrected chi connectivity index (χ1v) is 8.10. The number of likely N-dealkylation sites (tertiary alicyclic amines) is 1. The quantitative estimate of drug-likeness (QED) is 0.845. The zero-order valence-corrected chi connectivity index (χ0v) is 13.7. The second-order valence-corrected chi connectivity index (χ2v) is 7.53. The molecule has 0 radical (unpaired) electrons. The zero-order chi connectivity index (χ0) is 15.3. The monoisotopic (exact) mass is 290 g/mol. The highest BCUT2D eigenvalue weighted by Gasteiger charge is 2.23. The summed E-state index contributed by atoms with van der Waals surface area (Å²) in [5.41, 5.74) is 1.57. The van der Waals surface area contributed by atoms with Crippen molar-refractivity contribution in [1.82, 2.24) is 10.2 Å². The van der Waals surface area contributed by atoms with Crippen molar-refractivity contribution in [2.45, 2.75) is 52.3 Å². The smallest absolute Gasteiger partial charge is 0.0669 e. The molecule has 1 aliphatic heterocycles. The van der Waals surface area contributed by atoms with E-state index in [0.717, 1.165) is 26.1 Å². The molecule has 2 rings (SSSR count). The van der Waals surface area contributed by atoms with Gasteiger partial charge in [-0.3, -0.25) is 4.90 Å². The van der Waals surface area contributed by atoms with Crippen molar-refractivity contribution in [3.05, 3.63) is 35.9 Å². The Balaban J connectivity index is 1.68. The molecule has 118 valence electrons. The number of nitrogens with zero attached hydrogens (tertiary/aromatic N) is 1. The predicted molar refractivity (Wildman–Crippen MR) is 88.2 cm³/mol. The van der Waals surface area contributed by atoms with Crippen molar-refractivity contribution >= 4 is 0 Å². The minimum Gasteiger partial charge on any atom is -0.392 e. The summed E-state index contributed by atoms with van der Waals surface area (Å²) in [4.78, 5) is 2.49. The average molecular weight is 290 g/mol. The van der Waals surface area contributed by atoms with E-state index in [1.54, 1.807) is 0 Å². The van der Waals surface area contributed by atoms with E-state index in [9.17, 15) is 5.11 Å². The van der Waals surface area contributed by atoms with E-state index in [4.69, 9.17) is 0 Å². The largest absolute Gasteiger partial charge is 0.392 e. The molecule has 1 saturated heterocycles. The highest BCUT2D eigenvalue weighted by atomic mass is 16.3. The third-order valence-corrected chi connectivity index (χ3v) is 4.01. The normalized spacial score (nSPS) is 21.6. The molecule has 1 heterocycles. The molecule has 0 amide bonds. The standard InChI is InChI=1S/C18H30N2O/c1-18(2,3)11-17(21)12-19-16-9-10-20(14-16)13-15-7-5-4-6-8-15/h4-8,16-17,19,21H,9-14H2,1-3H3. The van der Waals surface area contributed by atoms with Gasteiger partial charge in [0.25, 0.3) is 0 Å². The first kappa shape index (κ1) is 16.5. The number of rotatable bonds is 6. The van der Waals surface area contributed by atoms with Gasteiger partial charge in [0.15, 0.2) is 0 Å². The lowest BCUT2D eigenvalue weighted by atomic mass is 9.89. The van der Waals surface area contributed by atoms with E-state index in [1.165, 1.54) is 12.0 Å². The minimum absolute atomic E-state index is 0.191. The molecule has 3 nitrogen and oxygen atoms in total. The Morgan fingerprint density at radius 1 is 1.29 bits per heavy atom. The third-order valence-electron chi connectivity index (χ3n) is 4.01. The Morgan fingerprint density at radius 3 is 2.67 bits per heavy atom. The van der Waals surface area contributed by atoms with Crippen LogP contribution in [0.25, 0.3) is 0 Å². The summed E-state index contributed by atoms with van der Waals surface area (Å²) in [6.45, 7) is 10.5. The van der Waals surface area contributed by atoms with Gasteiger partial charge in [-0.2, -0.15) is 0 Å². The van der Waals surface area contributed by atoms with E-state index >= 15 is 0 Å². The van der Waals surface area contributed by atoms with Crippen LogP contribution in [0.4, 0.5) is 0 Å².